The number of esters is 1. The number of carbonyl (C=O) groups is 4. The van der Waals surface area contributed by atoms with Crippen molar-refractivity contribution in [2.45, 2.75) is 6.92 Å². The van der Waals surface area contributed by atoms with E-state index in [-0.39, 0.29) is 17.1 Å². The van der Waals surface area contributed by atoms with Crippen LogP contribution in [0.15, 0.2) is 22.2 Å². The van der Waals surface area contributed by atoms with Gasteiger partial charge in [-0.3, -0.25) is 24.2 Å². The molecule has 1 aliphatic heterocycles. The summed E-state index contributed by atoms with van der Waals surface area (Å²) >= 11 is 3.26. The zero-order valence-corrected chi connectivity index (χ0v) is 15.5. The van der Waals surface area contributed by atoms with Crippen molar-refractivity contribution in [1.82, 2.24) is 9.80 Å². The van der Waals surface area contributed by atoms with Gasteiger partial charge < -0.3 is 9.47 Å². The van der Waals surface area contributed by atoms with Gasteiger partial charge in [-0.1, -0.05) is 0 Å². The lowest BCUT2D eigenvalue weighted by molar-refractivity contribution is -0.134. The Morgan fingerprint density at radius 1 is 1.12 bits per heavy atom. The lowest BCUT2D eigenvalue weighted by atomic mass is 10.1. The average Bonchev–Trinajstić information content (AvgIpc) is 2.56. The highest BCUT2D eigenvalue weighted by Crippen LogP contribution is 2.37. The highest BCUT2D eigenvalue weighted by molar-refractivity contribution is 9.10. The number of likely N-dealkylation sites (N-methyl/N-ethyl adjacent to an activating group) is 2. The fourth-order valence-electron chi connectivity index (χ4n) is 2.21. The van der Waals surface area contributed by atoms with E-state index in [2.05, 4.69) is 15.9 Å². The first-order valence-corrected chi connectivity index (χ1v) is 7.84. The van der Waals surface area contributed by atoms with E-state index in [1.807, 2.05) is 0 Å². The van der Waals surface area contributed by atoms with E-state index in [0.29, 0.717) is 10.0 Å². The molecular formula is C16H15BrN2O6. The molecule has 8 nitrogen and oxygen atoms in total. The van der Waals surface area contributed by atoms with Crippen LogP contribution in [0.3, 0.4) is 0 Å². The summed E-state index contributed by atoms with van der Waals surface area (Å²) in [6, 6.07) is 2.37. The van der Waals surface area contributed by atoms with Gasteiger partial charge in [-0.05, 0) is 39.7 Å². The number of ether oxygens (including phenoxy) is 2. The highest BCUT2D eigenvalue weighted by Gasteiger charge is 2.37. The molecule has 2 rings (SSSR count). The second-order valence-corrected chi connectivity index (χ2v) is 6.05. The molecule has 25 heavy (non-hydrogen) atoms. The Labute approximate surface area is 152 Å². The second kappa shape index (κ2) is 7.06. The fourth-order valence-corrected chi connectivity index (χ4v) is 2.75. The van der Waals surface area contributed by atoms with Crippen molar-refractivity contribution < 1.29 is 28.7 Å². The van der Waals surface area contributed by atoms with Crippen LogP contribution >= 0.6 is 15.9 Å². The molecule has 132 valence electrons. The van der Waals surface area contributed by atoms with Crippen LogP contribution in [0, 0.1) is 0 Å². The van der Waals surface area contributed by atoms with E-state index in [1.54, 1.807) is 6.07 Å². The number of carbonyl (C=O) groups excluding carboxylic acids is 4. The molecule has 1 aromatic rings. The Morgan fingerprint density at radius 3 is 2.16 bits per heavy atom. The minimum absolute atomic E-state index is 0.168. The van der Waals surface area contributed by atoms with E-state index < -0.39 is 23.8 Å². The van der Waals surface area contributed by atoms with Crippen molar-refractivity contribution in [3.63, 3.8) is 0 Å². The predicted octanol–water partition coefficient (Wildman–Crippen LogP) is 1.82. The van der Waals surface area contributed by atoms with Crippen molar-refractivity contribution in [1.29, 1.82) is 0 Å². The number of hydrogen-bond donors (Lipinski definition) is 0. The highest BCUT2D eigenvalue weighted by atomic mass is 79.9. The first-order valence-electron chi connectivity index (χ1n) is 7.05. The van der Waals surface area contributed by atoms with Crippen LogP contribution in [0.4, 0.5) is 4.79 Å². The molecule has 1 saturated heterocycles. The molecule has 0 aromatic heterocycles. The van der Waals surface area contributed by atoms with Gasteiger partial charge >= 0.3 is 12.0 Å². The number of benzene rings is 1. The van der Waals surface area contributed by atoms with Gasteiger partial charge in [0.1, 0.15) is 5.57 Å². The minimum atomic E-state index is -0.702. The van der Waals surface area contributed by atoms with Crippen LogP contribution in [0.2, 0.25) is 0 Å². The Hall–Kier alpha value is -2.68. The molecule has 0 N–H and O–H groups in total. The number of barbiturate groups is 1. The molecule has 4 amide bonds. The van der Waals surface area contributed by atoms with Crippen molar-refractivity contribution in [3.05, 3.63) is 27.7 Å². The smallest absolute Gasteiger partial charge is 0.333 e. The molecule has 0 saturated carbocycles. The lowest BCUT2D eigenvalue weighted by Gasteiger charge is -2.28. The van der Waals surface area contributed by atoms with Gasteiger partial charge in [-0.2, -0.15) is 0 Å². The lowest BCUT2D eigenvalue weighted by Crippen LogP contribution is -2.52. The molecule has 0 unspecified atom stereocenters. The van der Waals surface area contributed by atoms with Crippen LogP contribution in [0.25, 0.3) is 6.08 Å². The third-order valence-electron chi connectivity index (χ3n) is 3.45. The molecule has 0 aliphatic carbocycles. The van der Waals surface area contributed by atoms with Gasteiger partial charge in [0.2, 0.25) is 0 Å². The first kappa shape index (κ1) is 18.7. The van der Waals surface area contributed by atoms with E-state index in [9.17, 15) is 19.2 Å². The average molecular weight is 411 g/mol. The quantitative estimate of drug-likeness (QED) is 0.326. The Morgan fingerprint density at radius 2 is 1.68 bits per heavy atom. The Kier molecular flexibility index (Phi) is 5.27. The second-order valence-electron chi connectivity index (χ2n) is 5.20. The summed E-state index contributed by atoms with van der Waals surface area (Å²) in [6.45, 7) is 1.25. The molecule has 0 spiro atoms. The van der Waals surface area contributed by atoms with Crippen molar-refractivity contribution in [2.24, 2.45) is 0 Å². The normalized spacial score (nSPS) is 14.8. The third kappa shape index (κ3) is 3.55. The summed E-state index contributed by atoms with van der Waals surface area (Å²) in [5.41, 5.74) is 0.284. The van der Waals surface area contributed by atoms with Crippen LogP contribution in [-0.2, 0) is 14.4 Å². The van der Waals surface area contributed by atoms with E-state index >= 15 is 0 Å². The monoisotopic (exact) mass is 410 g/mol. The molecule has 9 heteroatoms. The van der Waals surface area contributed by atoms with E-state index in [1.165, 1.54) is 40.3 Å². The summed E-state index contributed by atoms with van der Waals surface area (Å²) < 4.78 is 10.7. The van der Waals surface area contributed by atoms with Crippen LogP contribution in [-0.4, -0.2) is 54.8 Å². The van der Waals surface area contributed by atoms with Crippen molar-refractivity contribution >= 4 is 45.8 Å². The number of halogens is 1. The van der Waals surface area contributed by atoms with Crippen molar-refractivity contribution in [2.75, 3.05) is 21.2 Å². The molecular weight excluding hydrogens is 396 g/mol. The van der Waals surface area contributed by atoms with Crippen LogP contribution in [0.1, 0.15) is 12.5 Å². The first-order chi connectivity index (χ1) is 11.7. The topological polar surface area (TPSA) is 93.2 Å². The largest absolute Gasteiger partial charge is 0.493 e. The third-order valence-corrected chi connectivity index (χ3v) is 4.04. The number of hydrogen-bond acceptors (Lipinski definition) is 6. The maximum Gasteiger partial charge on any atom is 0.333 e. The van der Waals surface area contributed by atoms with Gasteiger partial charge in [0, 0.05) is 21.0 Å². The van der Waals surface area contributed by atoms with Gasteiger partial charge in [0.25, 0.3) is 11.8 Å². The molecule has 0 bridgehead atoms. The summed E-state index contributed by atoms with van der Waals surface area (Å²) in [7, 11) is 3.98. The molecule has 1 fully saturated rings. The molecule has 0 radical (unpaired) electrons. The summed E-state index contributed by atoms with van der Waals surface area (Å²) in [4.78, 5) is 49.1. The standard InChI is InChI=1S/C16H15BrN2O6/c1-8(20)25-13-11(17)6-9(7-12(13)24-4)5-10-14(21)18(2)16(23)19(3)15(10)22/h5-7H,1-4H3. The van der Waals surface area contributed by atoms with Gasteiger partial charge in [0.05, 0.1) is 11.6 Å². The Bertz CT molecular complexity index is 791. The number of methoxy groups -OCH3 is 1. The zero-order chi connectivity index (χ0) is 18.9. The van der Waals surface area contributed by atoms with Crippen LogP contribution in [0.5, 0.6) is 11.5 Å². The van der Waals surface area contributed by atoms with Crippen LogP contribution < -0.4 is 9.47 Å². The number of amides is 4. The number of nitrogens with zero attached hydrogens (tertiary/aromatic N) is 2. The van der Waals surface area contributed by atoms with Gasteiger partial charge in [-0.15, -0.1) is 0 Å². The molecule has 1 aromatic carbocycles. The predicted molar refractivity (Wildman–Crippen MR) is 90.9 cm³/mol. The maximum atomic E-state index is 12.2. The SMILES string of the molecule is COc1cc(C=C2C(=O)N(C)C(=O)N(C)C2=O)cc(Br)c1OC(C)=O. The summed E-state index contributed by atoms with van der Waals surface area (Å²) in [5.74, 6) is -1.50. The Balaban J connectivity index is 2.51. The molecule has 0 atom stereocenters. The van der Waals surface area contributed by atoms with Gasteiger partial charge in [-0.25, -0.2) is 4.79 Å². The van der Waals surface area contributed by atoms with Gasteiger partial charge in [0.15, 0.2) is 11.5 Å². The summed E-state index contributed by atoms with van der Waals surface area (Å²) in [5, 5.41) is 0. The number of urea groups is 1. The molecule has 1 heterocycles. The number of imide groups is 2. The zero-order valence-electron chi connectivity index (χ0n) is 14.0. The molecule has 1 aliphatic rings. The van der Waals surface area contributed by atoms with Crippen molar-refractivity contribution in [3.8, 4) is 11.5 Å². The maximum absolute atomic E-state index is 12.2. The summed E-state index contributed by atoms with van der Waals surface area (Å²) in [6.07, 6.45) is 1.34. The van der Waals surface area contributed by atoms with E-state index in [0.717, 1.165) is 9.80 Å². The number of rotatable bonds is 3. The minimum Gasteiger partial charge on any atom is -0.493 e. The van der Waals surface area contributed by atoms with E-state index in [4.69, 9.17) is 9.47 Å². The fraction of sp³-hybridized carbons (Fsp3) is 0.250.